The number of rotatable bonds is 24. The Morgan fingerprint density at radius 1 is 0.821 bits per heavy atom. The number of likely N-dealkylation sites (tertiary alicyclic amines) is 1. The molecule has 0 amide bonds. The molecule has 0 aromatic heterocycles. The maximum absolute atomic E-state index is 12.5. The molecular formula is C31H62NO6P. The van der Waals surface area contributed by atoms with E-state index in [1.807, 2.05) is 0 Å². The van der Waals surface area contributed by atoms with Crippen LogP contribution in [0, 0.1) is 0 Å². The van der Waals surface area contributed by atoms with E-state index in [1.54, 1.807) is 0 Å². The first-order chi connectivity index (χ1) is 18.8. The smallest absolute Gasteiger partial charge is 0.268 e. The zero-order valence-electron chi connectivity index (χ0n) is 25.8. The fourth-order valence-corrected chi connectivity index (χ4v) is 6.82. The Morgan fingerprint density at radius 2 is 1.33 bits per heavy atom. The average molecular weight is 576 g/mol. The summed E-state index contributed by atoms with van der Waals surface area (Å²) in [6.07, 6.45) is 24.4. The highest BCUT2D eigenvalue weighted by molar-refractivity contribution is 7.45. The van der Waals surface area contributed by atoms with Crippen molar-refractivity contribution < 1.29 is 32.5 Å². The molecular weight excluding hydrogens is 513 g/mol. The van der Waals surface area contributed by atoms with Gasteiger partial charge in [-0.3, -0.25) is 4.57 Å². The molecule has 0 N–H and O–H groups in total. The van der Waals surface area contributed by atoms with Crippen LogP contribution in [0.5, 0.6) is 0 Å². The van der Waals surface area contributed by atoms with Crippen LogP contribution in [0.1, 0.15) is 135 Å². The molecule has 0 saturated carbocycles. The third-order valence-corrected chi connectivity index (χ3v) is 9.57. The standard InChI is InChI=1S/C31H62NO6P/c1-4-5-6-7-8-9-10-11-12-13-14-15-16-17-18-19-26-35-28-31(23-20-27-36-31)29-37-39(33,34)38-30-21-24-32(2,3)25-22-30/h30H,4-29H2,1-3H3. The minimum absolute atomic E-state index is 0.0268. The average Bonchev–Trinajstić information content (AvgIpc) is 3.37. The third kappa shape index (κ3) is 16.9. The van der Waals surface area contributed by atoms with Gasteiger partial charge in [0.2, 0.25) is 0 Å². The Bertz CT molecular complexity index is 645. The van der Waals surface area contributed by atoms with Crippen LogP contribution in [-0.2, 0) is 23.1 Å². The van der Waals surface area contributed by atoms with Crippen LogP contribution < -0.4 is 4.89 Å². The molecule has 2 saturated heterocycles. The van der Waals surface area contributed by atoms with E-state index in [4.69, 9.17) is 18.5 Å². The van der Waals surface area contributed by atoms with E-state index in [-0.39, 0.29) is 12.7 Å². The molecule has 39 heavy (non-hydrogen) atoms. The maximum Gasteiger partial charge on any atom is 0.268 e. The van der Waals surface area contributed by atoms with Gasteiger partial charge < -0.3 is 27.9 Å². The summed E-state index contributed by atoms with van der Waals surface area (Å²) in [4.78, 5) is 12.5. The van der Waals surface area contributed by atoms with Gasteiger partial charge in [-0.05, 0) is 19.3 Å². The van der Waals surface area contributed by atoms with Crippen molar-refractivity contribution in [1.82, 2.24) is 0 Å². The highest BCUT2D eigenvalue weighted by atomic mass is 31.2. The van der Waals surface area contributed by atoms with E-state index in [0.717, 1.165) is 49.7 Å². The summed E-state index contributed by atoms with van der Waals surface area (Å²) in [5.41, 5.74) is -0.677. The summed E-state index contributed by atoms with van der Waals surface area (Å²) in [5, 5.41) is 0. The van der Waals surface area contributed by atoms with Crippen LogP contribution in [0.2, 0.25) is 0 Å². The third-order valence-electron chi connectivity index (χ3n) is 8.57. The fraction of sp³-hybridized carbons (Fsp3) is 1.00. The van der Waals surface area contributed by atoms with Crippen molar-refractivity contribution in [3.8, 4) is 0 Å². The first-order valence-corrected chi connectivity index (χ1v) is 17.9. The summed E-state index contributed by atoms with van der Waals surface area (Å²) in [7, 11) is -0.0540. The SMILES string of the molecule is CCCCCCCCCCCCCCCCCCOCC1(COP(=O)([O-])OC2CC[N+](C)(C)CC2)CCCO1. The monoisotopic (exact) mass is 575 g/mol. The van der Waals surface area contributed by atoms with Crippen molar-refractivity contribution >= 4 is 7.82 Å². The minimum atomic E-state index is -4.37. The molecule has 8 heteroatoms. The van der Waals surface area contributed by atoms with Gasteiger partial charge in [-0.1, -0.05) is 103 Å². The van der Waals surface area contributed by atoms with Crippen molar-refractivity contribution in [3.63, 3.8) is 0 Å². The molecule has 2 unspecified atom stereocenters. The minimum Gasteiger partial charge on any atom is -0.756 e. The molecule has 0 radical (unpaired) electrons. The lowest BCUT2D eigenvalue weighted by Gasteiger charge is -2.39. The lowest BCUT2D eigenvalue weighted by atomic mass is 10.0. The van der Waals surface area contributed by atoms with Crippen LogP contribution in [0.3, 0.4) is 0 Å². The number of unbranched alkanes of at least 4 members (excludes halogenated alkanes) is 15. The lowest BCUT2D eigenvalue weighted by molar-refractivity contribution is -0.896. The topological polar surface area (TPSA) is 77.1 Å². The molecule has 2 aliphatic heterocycles. The first kappa shape index (κ1) is 35.2. The molecule has 2 atom stereocenters. The molecule has 2 aliphatic rings. The van der Waals surface area contributed by atoms with Crippen molar-refractivity contribution in [1.29, 1.82) is 0 Å². The summed E-state index contributed by atoms with van der Waals surface area (Å²) in [5.74, 6) is 0. The quantitative estimate of drug-likeness (QED) is 0.0672. The molecule has 0 aromatic rings. The Labute approximate surface area is 240 Å². The molecule has 0 spiro atoms. The van der Waals surface area contributed by atoms with E-state index < -0.39 is 13.4 Å². The Kier molecular flexibility index (Phi) is 18.0. The number of phosphoric ester groups is 1. The van der Waals surface area contributed by atoms with Crippen molar-refractivity contribution in [2.75, 3.05) is 53.6 Å². The molecule has 2 heterocycles. The number of ether oxygens (including phenoxy) is 2. The first-order valence-electron chi connectivity index (χ1n) is 16.4. The molecule has 2 rings (SSSR count). The zero-order valence-corrected chi connectivity index (χ0v) is 26.7. The summed E-state index contributed by atoms with van der Waals surface area (Å²) in [6, 6.07) is 0. The number of nitrogens with zero attached hydrogens (tertiary/aromatic N) is 1. The van der Waals surface area contributed by atoms with Gasteiger partial charge in [0.1, 0.15) is 5.60 Å². The molecule has 0 aliphatic carbocycles. The van der Waals surface area contributed by atoms with E-state index in [9.17, 15) is 9.46 Å². The predicted octanol–water partition coefficient (Wildman–Crippen LogP) is 7.55. The number of hydrogen-bond donors (Lipinski definition) is 0. The number of piperidine rings is 1. The molecule has 0 aromatic carbocycles. The van der Waals surface area contributed by atoms with Crippen LogP contribution in [0.15, 0.2) is 0 Å². The summed E-state index contributed by atoms with van der Waals surface area (Å²) in [6.45, 7) is 5.75. The van der Waals surface area contributed by atoms with Crippen LogP contribution in [0.4, 0.5) is 0 Å². The van der Waals surface area contributed by atoms with Gasteiger partial charge in [0.05, 0.1) is 46.5 Å². The highest BCUT2D eigenvalue weighted by Crippen LogP contribution is 2.44. The fourth-order valence-electron chi connectivity index (χ4n) is 5.79. The van der Waals surface area contributed by atoms with Crippen LogP contribution >= 0.6 is 7.82 Å². The predicted molar refractivity (Wildman–Crippen MR) is 158 cm³/mol. The van der Waals surface area contributed by atoms with Crippen LogP contribution in [-0.4, -0.2) is 69.8 Å². The zero-order chi connectivity index (χ0) is 28.3. The van der Waals surface area contributed by atoms with Gasteiger partial charge in [0, 0.05) is 26.1 Å². The van der Waals surface area contributed by atoms with Gasteiger partial charge >= 0.3 is 0 Å². The second kappa shape index (κ2) is 20.0. The van der Waals surface area contributed by atoms with Gasteiger partial charge in [-0.15, -0.1) is 0 Å². The van der Waals surface area contributed by atoms with Crippen molar-refractivity contribution in [3.05, 3.63) is 0 Å². The Hall–Kier alpha value is -0.0100. The number of quaternary nitrogens is 1. The van der Waals surface area contributed by atoms with E-state index >= 15 is 0 Å². The van der Waals surface area contributed by atoms with Gasteiger partial charge in [-0.25, -0.2) is 0 Å². The number of hydrogen-bond acceptors (Lipinski definition) is 6. The largest absolute Gasteiger partial charge is 0.756 e. The van der Waals surface area contributed by atoms with E-state index in [1.165, 1.54) is 96.3 Å². The molecule has 0 bridgehead atoms. The Balaban J connectivity index is 1.44. The summed E-state index contributed by atoms with van der Waals surface area (Å²) < 4.78 is 36.0. The highest BCUT2D eigenvalue weighted by Gasteiger charge is 2.38. The molecule has 2 fully saturated rings. The van der Waals surface area contributed by atoms with Crippen molar-refractivity contribution in [2.24, 2.45) is 0 Å². The normalized spacial score (nSPS) is 23.3. The van der Waals surface area contributed by atoms with Gasteiger partial charge in [-0.2, -0.15) is 0 Å². The molecule has 232 valence electrons. The second-order valence-corrected chi connectivity index (χ2v) is 14.3. The van der Waals surface area contributed by atoms with E-state index in [0.29, 0.717) is 19.8 Å². The number of phosphoric acid groups is 1. The summed E-state index contributed by atoms with van der Waals surface area (Å²) >= 11 is 0. The Morgan fingerprint density at radius 3 is 1.82 bits per heavy atom. The van der Waals surface area contributed by atoms with Crippen molar-refractivity contribution in [2.45, 2.75) is 147 Å². The van der Waals surface area contributed by atoms with Crippen LogP contribution in [0.25, 0.3) is 0 Å². The van der Waals surface area contributed by atoms with E-state index in [2.05, 4.69) is 21.0 Å². The van der Waals surface area contributed by atoms with Gasteiger partial charge in [0.25, 0.3) is 7.82 Å². The lowest BCUT2D eigenvalue weighted by Crippen LogP contribution is -2.48. The molecule has 7 nitrogen and oxygen atoms in total. The second-order valence-electron chi connectivity index (χ2n) is 12.9. The van der Waals surface area contributed by atoms with Gasteiger partial charge in [0.15, 0.2) is 0 Å². The maximum atomic E-state index is 12.5.